The molecule has 2 aliphatic rings. The Hall–Kier alpha value is -0.640. The monoisotopic (exact) mass is 340 g/mol. The van der Waals surface area contributed by atoms with Crippen LogP contribution in [0.4, 0.5) is 4.39 Å². The molecule has 0 bridgehead atoms. The number of nitrogens with one attached hydrogen (secondary N) is 1. The van der Waals surface area contributed by atoms with E-state index in [0.29, 0.717) is 0 Å². The van der Waals surface area contributed by atoms with Crippen LogP contribution in [0.5, 0.6) is 0 Å². The normalized spacial score (nSPS) is 19.9. The largest absolute Gasteiger partial charge is 0.317 e. The molecule has 23 heavy (non-hydrogen) atoms. The minimum absolute atomic E-state index is 0. The molecular weight excluding hydrogens is 311 g/mol. The Morgan fingerprint density at radius 1 is 1.09 bits per heavy atom. The van der Waals surface area contributed by atoms with E-state index in [2.05, 4.69) is 16.3 Å². The van der Waals surface area contributed by atoms with Crippen molar-refractivity contribution in [2.45, 2.75) is 51.0 Å². The van der Waals surface area contributed by atoms with Crippen molar-refractivity contribution < 1.29 is 4.39 Å². The molecule has 0 unspecified atom stereocenters. The van der Waals surface area contributed by atoms with Crippen LogP contribution in [0.3, 0.4) is 0 Å². The van der Waals surface area contributed by atoms with E-state index < -0.39 is 0 Å². The number of hydrogen-bond acceptors (Lipinski definition) is 2. The lowest BCUT2D eigenvalue weighted by atomic mass is 9.96. The summed E-state index contributed by atoms with van der Waals surface area (Å²) in [6, 6.07) is 7.88. The summed E-state index contributed by atoms with van der Waals surface area (Å²) in [6.07, 6.45) is 9.06. The maximum absolute atomic E-state index is 13.3. The van der Waals surface area contributed by atoms with Crippen molar-refractivity contribution in [2.24, 2.45) is 5.92 Å². The Balaban J connectivity index is 0.00000192. The molecule has 1 N–H and O–H groups in total. The zero-order chi connectivity index (χ0) is 15.2. The van der Waals surface area contributed by atoms with Crippen LogP contribution in [0.25, 0.3) is 0 Å². The van der Waals surface area contributed by atoms with Crippen LogP contribution in [0.15, 0.2) is 24.3 Å². The molecule has 1 aliphatic carbocycles. The van der Waals surface area contributed by atoms with Gasteiger partial charge in [0.25, 0.3) is 0 Å². The summed E-state index contributed by atoms with van der Waals surface area (Å²) < 4.78 is 13.3. The van der Waals surface area contributed by atoms with Crippen molar-refractivity contribution in [1.29, 1.82) is 0 Å². The van der Waals surface area contributed by atoms with Crippen LogP contribution in [0, 0.1) is 11.7 Å². The van der Waals surface area contributed by atoms with E-state index in [1.54, 1.807) is 6.07 Å². The topological polar surface area (TPSA) is 15.3 Å². The Labute approximate surface area is 146 Å². The summed E-state index contributed by atoms with van der Waals surface area (Å²) in [5.74, 6) is 0.734. The SMILES string of the molecule is Cl.Fc1cccc(CCN(CC2CCNCC2)C2CCCC2)c1. The van der Waals surface area contributed by atoms with Crippen LogP contribution < -0.4 is 5.32 Å². The lowest BCUT2D eigenvalue weighted by Gasteiger charge is -2.34. The van der Waals surface area contributed by atoms with E-state index >= 15 is 0 Å². The lowest BCUT2D eigenvalue weighted by molar-refractivity contribution is 0.154. The van der Waals surface area contributed by atoms with Crippen molar-refractivity contribution in [3.63, 3.8) is 0 Å². The predicted octanol–water partition coefficient (Wildman–Crippen LogP) is 4.03. The first-order valence-corrected chi connectivity index (χ1v) is 9.00. The third-order valence-electron chi connectivity index (χ3n) is 5.37. The quantitative estimate of drug-likeness (QED) is 0.841. The van der Waals surface area contributed by atoms with Crippen LogP contribution in [-0.2, 0) is 6.42 Å². The number of piperidine rings is 1. The first-order valence-electron chi connectivity index (χ1n) is 9.00. The fraction of sp³-hybridized carbons (Fsp3) is 0.684. The fourth-order valence-corrected chi connectivity index (χ4v) is 4.05. The van der Waals surface area contributed by atoms with E-state index in [1.165, 1.54) is 64.2 Å². The number of halogens is 2. The number of benzene rings is 1. The molecule has 1 saturated heterocycles. The predicted molar refractivity (Wildman–Crippen MR) is 96.8 cm³/mol. The zero-order valence-electron chi connectivity index (χ0n) is 14.0. The van der Waals surface area contributed by atoms with Gasteiger partial charge in [0.1, 0.15) is 5.82 Å². The molecule has 0 amide bonds. The van der Waals surface area contributed by atoms with Crippen LogP contribution >= 0.6 is 12.4 Å². The van der Waals surface area contributed by atoms with Gasteiger partial charge in [-0.25, -0.2) is 4.39 Å². The lowest BCUT2D eigenvalue weighted by Crippen LogP contribution is -2.41. The molecule has 0 atom stereocenters. The average molecular weight is 341 g/mol. The molecule has 1 aromatic carbocycles. The van der Waals surface area contributed by atoms with Gasteiger partial charge < -0.3 is 5.32 Å². The molecule has 1 aromatic rings. The highest BCUT2D eigenvalue weighted by atomic mass is 35.5. The molecule has 2 nitrogen and oxygen atoms in total. The number of hydrogen-bond donors (Lipinski definition) is 1. The highest BCUT2D eigenvalue weighted by molar-refractivity contribution is 5.85. The molecule has 4 heteroatoms. The molecule has 1 aliphatic heterocycles. The molecule has 130 valence electrons. The summed E-state index contributed by atoms with van der Waals surface area (Å²) in [5, 5.41) is 3.46. The van der Waals surface area contributed by atoms with Gasteiger partial charge in [-0.2, -0.15) is 0 Å². The van der Waals surface area contributed by atoms with E-state index in [4.69, 9.17) is 0 Å². The Morgan fingerprint density at radius 3 is 2.52 bits per heavy atom. The summed E-state index contributed by atoms with van der Waals surface area (Å²) in [4.78, 5) is 2.72. The molecular formula is C19H30ClFN2. The zero-order valence-corrected chi connectivity index (χ0v) is 14.8. The molecule has 1 saturated carbocycles. The first-order chi connectivity index (χ1) is 10.8. The molecule has 0 radical (unpaired) electrons. The van der Waals surface area contributed by atoms with Gasteiger partial charge in [-0.3, -0.25) is 4.90 Å². The van der Waals surface area contributed by atoms with E-state index in [-0.39, 0.29) is 18.2 Å². The van der Waals surface area contributed by atoms with Gasteiger partial charge in [-0.1, -0.05) is 25.0 Å². The smallest absolute Gasteiger partial charge is 0.123 e. The second-order valence-corrected chi connectivity index (χ2v) is 7.01. The molecule has 0 aromatic heterocycles. The highest BCUT2D eigenvalue weighted by Gasteiger charge is 2.25. The van der Waals surface area contributed by atoms with Crippen molar-refractivity contribution >= 4 is 12.4 Å². The standard InChI is InChI=1S/C19H29FN2.ClH/c20-18-5-3-4-16(14-18)10-13-22(19-6-1-2-7-19)15-17-8-11-21-12-9-17;/h3-5,14,17,19,21H,1-2,6-13,15H2;1H. The minimum atomic E-state index is -0.108. The van der Waals surface area contributed by atoms with E-state index in [1.807, 2.05) is 6.07 Å². The molecule has 3 rings (SSSR count). The summed E-state index contributed by atoms with van der Waals surface area (Å²) >= 11 is 0. The van der Waals surface area contributed by atoms with Gasteiger partial charge in [0.05, 0.1) is 0 Å². The summed E-state index contributed by atoms with van der Waals surface area (Å²) in [5.41, 5.74) is 1.13. The Kier molecular flexibility index (Phi) is 7.81. The fourth-order valence-electron chi connectivity index (χ4n) is 4.05. The summed E-state index contributed by atoms with van der Waals surface area (Å²) in [7, 11) is 0. The second kappa shape index (κ2) is 9.61. The van der Waals surface area contributed by atoms with Crippen molar-refractivity contribution in [2.75, 3.05) is 26.2 Å². The molecule has 2 fully saturated rings. The second-order valence-electron chi connectivity index (χ2n) is 7.01. The maximum atomic E-state index is 13.3. The van der Waals surface area contributed by atoms with Gasteiger partial charge >= 0.3 is 0 Å². The summed E-state index contributed by atoms with van der Waals surface area (Å²) in [6.45, 7) is 4.67. The minimum Gasteiger partial charge on any atom is -0.317 e. The van der Waals surface area contributed by atoms with Crippen LogP contribution in [0.2, 0.25) is 0 Å². The van der Waals surface area contributed by atoms with E-state index in [0.717, 1.165) is 30.5 Å². The van der Waals surface area contributed by atoms with Gasteiger partial charge in [0.2, 0.25) is 0 Å². The number of nitrogens with zero attached hydrogens (tertiary/aromatic N) is 1. The molecule has 0 spiro atoms. The van der Waals surface area contributed by atoms with Gasteiger partial charge in [0, 0.05) is 19.1 Å². The van der Waals surface area contributed by atoms with E-state index in [9.17, 15) is 4.39 Å². The third kappa shape index (κ3) is 5.74. The molecule has 1 heterocycles. The third-order valence-corrected chi connectivity index (χ3v) is 5.37. The van der Waals surface area contributed by atoms with Gasteiger partial charge in [-0.15, -0.1) is 12.4 Å². The number of rotatable bonds is 6. The maximum Gasteiger partial charge on any atom is 0.123 e. The first kappa shape index (κ1) is 18.7. The van der Waals surface area contributed by atoms with Crippen molar-refractivity contribution in [3.05, 3.63) is 35.6 Å². The van der Waals surface area contributed by atoms with Crippen molar-refractivity contribution in [1.82, 2.24) is 10.2 Å². The average Bonchev–Trinajstić information content (AvgIpc) is 3.07. The van der Waals surface area contributed by atoms with Crippen LogP contribution in [0.1, 0.15) is 44.1 Å². The van der Waals surface area contributed by atoms with Crippen LogP contribution in [-0.4, -0.2) is 37.1 Å². The van der Waals surface area contributed by atoms with Crippen molar-refractivity contribution in [3.8, 4) is 0 Å². The van der Waals surface area contributed by atoms with Gasteiger partial charge in [-0.05, 0) is 68.8 Å². The Morgan fingerprint density at radius 2 is 1.83 bits per heavy atom. The van der Waals surface area contributed by atoms with Gasteiger partial charge in [0.15, 0.2) is 0 Å². The Bertz CT molecular complexity index is 456. The highest BCUT2D eigenvalue weighted by Crippen LogP contribution is 2.26.